The van der Waals surface area contributed by atoms with Crippen LogP contribution < -0.4 is 0 Å². The van der Waals surface area contributed by atoms with Gasteiger partial charge in [0.25, 0.3) is 0 Å². The molecule has 2 nitrogen and oxygen atoms in total. The van der Waals surface area contributed by atoms with Crippen LogP contribution in [0.5, 0.6) is 0 Å². The van der Waals surface area contributed by atoms with Crippen molar-refractivity contribution in [2.75, 3.05) is 0 Å². The van der Waals surface area contributed by atoms with Gasteiger partial charge in [0.1, 0.15) is 5.92 Å². The fourth-order valence-corrected chi connectivity index (χ4v) is 2.56. The number of thiophene rings is 1. The number of hydrogen-bond donors (Lipinski definition) is 0. The summed E-state index contributed by atoms with van der Waals surface area (Å²) in [6.45, 7) is 3.63. The molecule has 1 heterocycles. The van der Waals surface area contributed by atoms with Gasteiger partial charge >= 0.3 is 0 Å². The van der Waals surface area contributed by atoms with Gasteiger partial charge in [-0.05, 0) is 28.1 Å². The van der Waals surface area contributed by atoms with E-state index in [2.05, 4.69) is 22.0 Å². The van der Waals surface area contributed by atoms with Gasteiger partial charge in [-0.3, -0.25) is 4.79 Å². The molecular weight excluding hydrogens is 262 g/mol. The number of rotatable bonds is 3. The summed E-state index contributed by atoms with van der Waals surface area (Å²) in [7, 11) is 0. The van der Waals surface area contributed by atoms with Gasteiger partial charge in [-0.25, -0.2) is 0 Å². The van der Waals surface area contributed by atoms with Crippen LogP contribution in [0.2, 0.25) is 0 Å². The summed E-state index contributed by atoms with van der Waals surface area (Å²) in [5.74, 6) is -0.714. The normalized spacial score (nSPS) is 12.5. The average Bonchev–Trinajstić information content (AvgIpc) is 2.53. The number of hydrogen-bond acceptors (Lipinski definition) is 3. The molecule has 0 aliphatic rings. The van der Waals surface area contributed by atoms with Gasteiger partial charge in [0.15, 0.2) is 5.78 Å². The van der Waals surface area contributed by atoms with Gasteiger partial charge in [0.05, 0.1) is 9.86 Å². The fourth-order valence-electron chi connectivity index (χ4n) is 1.08. The Kier molecular flexibility index (Phi) is 3.85. The molecule has 0 aromatic carbocycles. The minimum absolute atomic E-state index is 0.0122. The van der Waals surface area contributed by atoms with Gasteiger partial charge < -0.3 is 0 Å². The molecule has 1 unspecified atom stereocenters. The second-order valence-corrected chi connectivity index (χ2v) is 5.76. The molecule has 0 aliphatic heterocycles. The van der Waals surface area contributed by atoms with E-state index >= 15 is 0 Å². The molecule has 0 bridgehead atoms. The summed E-state index contributed by atoms with van der Waals surface area (Å²) in [5, 5.41) is 8.93. The first-order valence-electron chi connectivity index (χ1n) is 4.25. The van der Waals surface area contributed by atoms with Crippen molar-refractivity contribution in [1.82, 2.24) is 0 Å². The van der Waals surface area contributed by atoms with Crippen LogP contribution >= 0.6 is 27.3 Å². The van der Waals surface area contributed by atoms with Crippen LogP contribution in [0.25, 0.3) is 0 Å². The molecule has 0 radical (unpaired) electrons. The lowest BCUT2D eigenvalue weighted by atomic mass is 9.95. The van der Waals surface area contributed by atoms with Gasteiger partial charge in [-0.1, -0.05) is 13.8 Å². The molecule has 74 valence electrons. The topological polar surface area (TPSA) is 40.9 Å². The molecule has 1 atom stereocenters. The molecule has 0 amide bonds. The molecule has 1 aromatic heterocycles. The van der Waals surface area contributed by atoms with Crippen molar-refractivity contribution in [2.45, 2.75) is 19.8 Å². The predicted octanol–water partition coefficient (Wildman–Crippen LogP) is 3.34. The van der Waals surface area contributed by atoms with Gasteiger partial charge in [0.2, 0.25) is 0 Å². The van der Waals surface area contributed by atoms with Crippen molar-refractivity contribution in [2.24, 2.45) is 5.92 Å². The van der Waals surface area contributed by atoms with E-state index in [1.54, 1.807) is 0 Å². The lowest BCUT2D eigenvalue weighted by Gasteiger charge is -2.07. The molecule has 0 aliphatic carbocycles. The van der Waals surface area contributed by atoms with E-state index in [1.165, 1.54) is 11.3 Å². The summed E-state index contributed by atoms with van der Waals surface area (Å²) in [4.78, 5) is 12.5. The summed E-state index contributed by atoms with van der Waals surface area (Å²) < 4.78 is 0.948. The third kappa shape index (κ3) is 2.43. The Balaban J connectivity index is 2.95. The summed E-state index contributed by atoms with van der Waals surface area (Å²) in [6.07, 6.45) is 0. The second kappa shape index (κ2) is 4.72. The maximum absolute atomic E-state index is 11.7. The van der Waals surface area contributed by atoms with E-state index in [4.69, 9.17) is 5.26 Å². The molecule has 0 N–H and O–H groups in total. The monoisotopic (exact) mass is 271 g/mol. The molecule has 14 heavy (non-hydrogen) atoms. The van der Waals surface area contributed by atoms with Gasteiger partial charge in [0, 0.05) is 10.8 Å². The summed E-state index contributed by atoms with van der Waals surface area (Å²) >= 11 is 4.75. The van der Waals surface area contributed by atoms with Crippen LogP contribution in [-0.2, 0) is 4.79 Å². The second-order valence-electron chi connectivity index (χ2n) is 3.26. The molecule has 4 heteroatoms. The Morgan fingerprint density at radius 2 is 2.21 bits per heavy atom. The number of ketones is 1. The highest BCUT2D eigenvalue weighted by molar-refractivity contribution is 9.11. The highest BCUT2D eigenvalue weighted by Gasteiger charge is 2.23. The van der Waals surface area contributed by atoms with Crippen molar-refractivity contribution in [3.63, 3.8) is 0 Å². The van der Waals surface area contributed by atoms with Crippen molar-refractivity contribution in [1.29, 1.82) is 5.26 Å². The zero-order valence-corrected chi connectivity index (χ0v) is 10.4. The van der Waals surface area contributed by atoms with Crippen LogP contribution in [0.4, 0.5) is 0 Å². The molecule has 0 saturated carbocycles. The quantitative estimate of drug-likeness (QED) is 0.846. The first-order valence-corrected chi connectivity index (χ1v) is 5.85. The zero-order valence-electron chi connectivity index (χ0n) is 7.95. The van der Waals surface area contributed by atoms with Crippen molar-refractivity contribution in [3.05, 3.63) is 20.8 Å². The van der Waals surface area contributed by atoms with Gasteiger partial charge in [-0.2, -0.15) is 5.26 Å². The molecule has 1 aromatic rings. The molecule has 0 fully saturated rings. The molecule has 0 saturated heterocycles. The van der Waals surface area contributed by atoms with E-state index in [9.17, 15) is 4.79 Å². The highest BCUT2D eigenvalue weighted by atomic mass is 79.9. The average molecular weight is 272 g/mol. The van der Waals surface area contributed by atoms with Crippen molar-refractivity contribution >= 4 is 33.0 Å². The number of halogens is 1. The number of carbonyl (C=O) groups excluding carboxylic acids is 1. The van der Waals surface area contributed by atoms with Crippen molar-refractivity contribution in [3.8, 4) is 6.07 Å². The van der Waals surface area contributed by atoms with Crippen LogP contribution in [0.15, 0.2) is 15.9 Å². The minimum atomic E-state index is -0.605. The molecular formula is C10H10BrNOS. The Morgan fingerprint density at radius 1 is 1.57 bits per heavy atom. The summed E-state index contributed by atoms with van der Waals surface area (Å²) in [6, 6.07) is 5.73. The number of Topliss-reactive ketones (excluding diaryl/α,β-unsaturated/α-hetero) is 1. The Bertz CT molecular complexity index is 378. The largest absolute Gasteiger partial charge is 0.298 e. The first kappa shape index (κ1) is 11.4. The van der Waals surface area contributed by atoms with Crippen LogP contribution in [0.1, 0.15) is 24.6 Å². The highest BCUT2D eigenvalue weighted by Crippen LogP contribution is 2.30. The molecule has 0 spiro atoms. The Labute approximate surface area is 95.7 Å². The van der Waals surface area contributed by atoms with Crippen LogP contribution in [0.3, 0.4) is 0 Å². The number of nitrogens with zero attached hydrogens (tertiary/aromatic N) is 1. The standard InChI is InChI=1S/C10H10BrNOS/c1-6(2)10(13)7(5-12)8-3-4-9(11)14-8/h3-4,6-7H,1-2H3. The van der Waals surface area contributed by atoms with Gasteiger partial charge in [-0.15, -0.1) is 11.3 Å². The lowest BCUT2D eigenvalue weighted by molar-refractivity contribution is -0.122. The third-order valence-electron chi connectivity index (χ3n) is 1.86. The SMILES string of the molecule is CC(C)C(=O)C(C#N)c1ccc(Br)s1. The maximum atomic E-state index is 11.7. The maximum Gasteiger partial charge on any atom is 0.157 e. The first-order chi connectivity index (χ1) is 6.56. The third-order valence-corrected chi connectivity index (χ3v) is 3.55. The van der Waals surface area contributed by atoms with Crippen molar-refractivity contribution < 1.29 is 4.79 Å². The van der Waals surface area contributed by atoms with Crippen LogP contribution in [-0.4, -0.2) is 5.78 Å². The lowest BCUT2D eigenvalue weighted by Crippen LogP contribution is -2.15. The number of nitriles is 1. The fraction of sp³-hybridized carbons (Fsp3) is 0.400. The zero-order chi connectivity index (χ0) is 10.7. The summed E-state index contributed by atoms with van der Waals surface area (Å²) in [5.41, 5.74) is 0. The number of carbonyl (C=O) groups is 1. The van der Waals surface area contributed by atoms with E-state index < -0.39 is 5.92 Å². The smallest absolute Gasteiger partial charge is 0.157 e. The Morgan fingerprint density at radius 3 is 2.57 bits per heavy atom. The van der Waals surface area contributed by atoms with E-state index in [1.807, 2.05) is 26.0 Å². The van der Waals surface area contributed by atoms with E-state index in [0.717, 1.165) is 8.66 Å². The van der Waals surface area contributed by atoms with E-state index in [-0.39, 0.29) is 11.7 Å². The Hall–Kier alpha value is -0.660. The predicted molar refractivity (Wildman–Crippen MR) is 60.2 cm³/mol. The minimum Gasteiger partial charge on any atom is -0.298 e. The molecule has 1 rings (SSSR count). The van der Waals surface area contributed by atoms with Crippen LogP contribution in [0, 0.1) is 17.2 Å². The van der Waals surface area contributed by atoms with E-state index in [0.29, 0.717) is 0 Å².